The second kappa shape index (κ2) is 4.63. The van der Waals surface area contributed by atoms with Crippen LogP contribution in [0.1, 0.15) is 19.0 Å². The van der Waals surface area contributed by atoms with Crippen LogP contribution in [0, 0.1) is 6.92 Å². The number of aromatic nitrogens is 2. The van der Waals surface area contributed by atoms with E-state index >= 15 is 0 Å². The Labute approximate surface area is 91.2 Å². The van der Waals surface area contributed by atoms with Crippen molar-refractivity contribution in [3.05, 3.63) is 5.69 Å². The molecule has 4 nitrogen and oxygen atoms in total. The Bertz CT molecular complexity index is 360. The summed E-state index contributed by atoms with van der Waals surface area (Å²) in [6, 6.07) is 0. The SMILES string of the molecule is CCn1nc(C)c(N)c1OCCC(F)(F)F. The fourth-order valence-electron chi connectivity index (χ4n) is 1.20. The average Bonchev–Trinajstić information content (AvgIpc) is 2.43. The molecule has 0 saturated heterocycles. The van der Waals surface area contributed by atoms with Crippen LogP contribution in [-0.2, 0) is 6.54 Å². The van der Waals surface area contributed by atoms with Crippen molar-refractivity contribution >= 4 is 5.69 Å². The molecule has 0 aromatic carbocycles. The third-order valence-electron chi connectivity index (χ3n) is 2.05. The lowest BCUT2D eigenvalue weighted by molar-refractivity contribution is -0.139. The monoisotopic (exact) mass is 237 g/mol. The van der Waals surface area contributed by atoms with Crippen molar-refractivity contribution < 1.29 is 17.9 Å². The number of aryl methyl sites for hydroxylation is 2. The van der Waals surface area contributed by atoms with Crippen LogP contribution < -0.4 is 10.5 Å². The Hall–Kier alpha value is -1.40. The van der Waals surface area contributed by atoms with E-state index in [4.69, 9.17) is 10.5 Å². The lowest BCUT2D eigenvalue weighted by atomic mass is 10.4. The highest BCUT2D eigenvalue weighted by Gasteiger charge is 2.27. The fourth-order valence-corrected chi connectivity index (χ4v) is 1.20. The van der Waals surface area contributed by atoms with E-state index in [0.717, 1.165) is 0 Å². The molecule has 0 unspecified atom stereocenters. The van der Waals surface area contributed by atoms with E-state index in [1.807, 2.05) is 6.92 Å². The van der Waals surface area contributed by atoms with Gasteiger partial charge in [0.2, 0.25) is 5.88 Å². The second-order valence-electron chi connectivity index (χ2n) is 3.33. The summed E-state index contributed by atoms with van der Waals surface area (Å²) >= 11 is 0. The van der Waals surface area contributed by atoms with Gasteiger partial charge in [-0.15, -0.1) is 0 Å². The Morgan fingerprint density at radius 2 is 2.06 bits per heavy atom. The summed E-state index contributed by atoms with van der Waals surface area (Å²) in [5.74, 6) is 0.212. The van der Waals surface area contributed by atoms with Crippen molar-refractivity contribution in [2.45, 2.75) is 33.0 Å². The molecular formula is C9H14F3N3O. The highest BCUT2D eigenvalue weighted by atomic mass is 19.4. The van der Waals surface area contributed by atoms with E-state index in [1.165, 1.54) is 4.68 Å². The molecule has 1 aromatic heterocycles. The highest BCUT2D eigenvalue weighted by Crippen LogP contribution is 2.26. The summed E-state index contributed by atoms with van der Waals surface area (Å²) in [5, 5.41) is 4.03. The van der Waals surface area contributed by atoms with Gasteiger partial charge in [-0.25, -0.2) is 4.68 Å². The quantitative estimate of drug-likeness (QED) is 0.872. The van der Waals surface area contributed by atoms with Crippen molar-refractivity contribution in [1.29, 1.82) is 0 Å². The minimum Gasteiger partial charge on any atom is -0.476 e. The second-order valence-corrected chi connectivity index (χ2v) is 3.33. The summed E-state index contributed by atoms with van der Waals surface area (Å²) < 4.78 is 42.2. The van der Waals surface area contributed by atoms with E-state index in [-0.39, 0.29) is 5.88 Å². The molecular weight excluding hydrogens is 223 g/mol. The van der Waals surface area contributed by atoms with Gasteiger partial charge in [0.15, 0.2) is 0 Å². The van der Waals surface area contributed by atoms with Crippen molar-refractivity contribution in [1.82, 2.24) is 9.78 Å². The molecule has 0 aliphatic heterocycles. The molecule has 1 rings (SSSR count). The van der Waals surface area contributed by atoms with Crippen LogP contribution in [0.25, 0.3) is 0 Å². The van der Waals surface area contributed by atoms with Crippen LogP contribution in [0.3, 0.4) is 0 Å². The first-order chi connectivity index (χ1) is 7.35. The maximum Gasteiger partial charge on any atom is 0.392 e. The van der Waals surface area contributed by atoms with Crippen molar-refractivity contribution in [3.63, 3.8) is 0 Å². The van der Waals surface area contributed by atoms with Crippen molar-refractivity contribution in [2.75, 3.05) is 12.3 Å². The van der Waals surface area contributed by atoms with Gasteiger partial charge in [0.25, 0.3) is 0 Å². The molecule has 0 fully saturated rings. The van der Waals surface area contributed by atoms with Gasteiger partial charge < -0.3 is 10.5 Å². The number of hydrogen-bond acceptors (Lipinski definition) is 3. The Balaban J connectivity index is 2.66. The molecule has 0 aliphatic carbocycles. The van der Waals surface area contributed by atoms with Crippen molar-refractivity contribution in [2.24, 2.45) is 0 Å². The van der Waals surface area contributed by atoms with Gasteiger partial charge in [0.1, 0.15) is 5.69 Å². The maximum atomic E-state index is 11.9. The first-order valence-corrected chi connectivity index (χ1v) is 4.87. The largest absolute Gasteiger partial charge is 0.476 e. The number of hydrogen-bond donors (Lipinski definition) is 1. The van der Waals surface area contributed by atoms with Crippen LogP contribution in [0.15, 0.2) is 0 Å². The summed E-state index contributed by atoms with van der Waals surface area (Å²) in [6.07, 6.45) is -5.22. The number of rotatable bonds is 4. The fraction of sp³-hybridized carbons (Fsp3) is 0.667. The average molecular weight is 237 g/mol. The topological polar surface area (TPSA) is 53.1 Å². The van der Waals surface area contributed by atoms with E-state index in [2.05, 4.69) is 5.10 Å². The first-order valence-electron chi connectivity index (χ1n) is 4.87. The van der Waals surface area contributed by atoms with Crippen LogP contribution >= 0.6 is 0 Å². The molecule has 7 heteroatoms. The number of ether oxygens (including phenoxy) is 1. The Kier molecular flexibility index (Phi) is 3.66. The number of alkyl halides is 3. The molecule has 1 heterocycles. The van der Waals surface area contributed by atoms with Gasteiger partial charge in [0, 0.05) is 6.54 Å². The Morgan fingerprint density at radius 3 is 2.56 bits per heavy atom. The minimum atomic E-state index is -4.22. The van der Waals surface area contributed by atoms with E-state index < -0.39 is 19.2 Å². The van der Waals surface area contributed by atoms with Crippen molar-refractivity contribution in [3.8, 4) is 5.88 Å². The standard InChI is InChI=1S/C9H14F3N3O/c1-3-15-8(7(13)6(2)14-15)16-5-4-9(10,11)12/h3-5,13H2,1-2H3. The zero-order valence-corrected chi connectivity index (χ0v) is 9.14. The molecule has 2 N–H and O–H groups in total. The van der Waals surface area contributed by atoms with Crippen LogP contribution in [0.2, 0.25) is 0 Å². The zero-order chi connectivity index (χ0) is 12.3. The molecule has 16 heavy (non-hydrogen) atoms. The lowest BCUT2D eigenvalue weighted by Gasteiger charge is -2.10. The summed E-state index contributed by atoms with van der Waals surface area (Å²) in [7, 11) is 0. The number of nitrogens with zero attached hydrogens (tertiary/aromatic N) is 2. The molecule has 0 aliphatic rings. The molecule has 0 radical (unpaired) electrons. The van der Waals surface area contributed by atoms with Gasteiger partial charge in [-0.05, 0) is 13.8 Å². The summed E-state index contributed by atoms with van der Waals surface area (Å²) in [5.41, 5.74) is 6.49. The van der Waals surface area contributed by atoms with Gasteiger partial charge >= 0.3 is 6.18 Å². The number of anilines is 1. The number of halogens is 3. The smallest absolute Gasteiger partial charge is 0.392 e. The highest BCUT2D eigenvalue weighted by molar-refractivity contribution is 5.52. The zero-order valence-electron chi connectivity index (χ0n) is 9.14. The van der Waals surface area contributed by atoms with Gasteiger partial charge in [-0.3, -0.25) is 0 Å². The molecule has 0 saturated carbocycles. The molecule has 0 atom stereocenters. The van der Waals surface area contributed by atoms with E-state index in [1.54, 1.807) is 6.92 Å². The summed E-state index contributed by atoms with van der Waals surface area (Å²) in [4.78, 5) is 0. The molecule has 0 spiro atoms. The number of nitrogens with two attached hydrogens (primary N) is 1. The van der Waals surface area contributed by atoms with Crippen LogP contribution in [-0.4, -0.2) is 22.6 Å². The van der Waals surface area contributed by atoms with Gasteiger partial charge in [-0.1, -0.05) is 0 Å². The Morgan fingerprint density at radius 1 is 1.44 bits per heavy atom. The number of nitrogen functional groups attached to an aromatic ring is 1. The van der Waals surface area contributed by atoms with E-state index in [0.29, 0.717) is 17.9 Å². The third-order valence-corrected chi connectivity index (χ3v) is 2.05. The lowest BCUT2D eigenvalue weighted by Crippen LogP contribution is -2.14. The third kappa shape index (κ3) is 3.04. The normalized spacial score (nSPS) is 11.8. The van der Waals surface area contributed by atoms with Gasteiger partial charge in [0.05, 0.1) is 18.7 Å². The van der Waals surface area contributed by atoms with Crippen LogP contribution in [0.5, 0.6) is 5.88 Å². The summed E-state index contributed by atoms with van der Waals surface area (Å²) in [6.45, 7) is 3.54. The molecule has 0 amide bonds. The molecule has 0 bridgehead atoms. The van der Waals surface area contributed by atoms with Gasteiger partial charge in [-0.2, -0.15) is 18.3 Å². The first kappa shape index (κ1) is 12.7. The van der Waals surface area contributed by atoms with Crippen LogP contribution in [0.4, 0.5) is 18.9 Å². The molecule has 1 aromatic rings. The minimum absolute atomic E-state index is 0.212. The maximum absolute atomic E-state index is 11.9. The van der Waals surface area contributed by atoms with E-state index in [9.17, 15) is 13.2 Å². The molecule has 92 valence electrons. The predicted molar refractivity (Wildman–Crippen MR) is 53.2 cm³/mol. The predicted octanol–water partition coefficient (Wildman–Crippen LogP) is 2.12.